The molecule has 9 heteroatoms. The monoisotopic (exact) mass is 392 g/mol. The van der Waals surface area contributed by atoms with Crippen molar-refractivity contribution in [1.82, 2.24) is 24.4 Å². The summed E-state index contributed by atoms with van der Waals surface area (Å²) in [6.07, 6.45) is 1.48. The quantitative estimate of drug-likeness (QED) is 0.495. The van der Waals surface area contributed by atoms with Gasteiger partial charge in [0.05, 0.1) is 5.56 Å². The number of rotatable bonds is 5. The Hall–Kier alpha value is -3.59. The number of nitrogens with zero attached hydrogens (tertiary/aromatic N) is 5. The van der Waals surface area contributed by atoms with Gasteiger partial charge < -0.3 is 10.6 Å². The van der Waals surface area contributed by atoms with Crippen LogP contribution < -0.4 is 5.73 Å². The maximum absolute atomic E-state index is 12.9. The van der Waals surface area contributed by atoms with Crippen molar-refractivity contribution in [2.45, 2.75) is 6.54 Å². The van der Waals surface area contributed by atoms with E-state index >= 15 is 0 Å². The van der Waals surface area contributed by atoms with Gasteiger partial charge in [-0.15, -0.1) is 10.2 Å². The van der Waals surface area contributed by atoms with Crippen molar-refractivity contribution in [2.75, 3.05) is 26.2 Å². The lowest BCUT2D eigenvalue weighted by Gasteiger charge is -2.34. The Morgan fingerprint density at radius 2 is 1.66 bits per heavy atom. The molecule has 1 fully saturated rings. The molecule has 0 unspecified atom stereocenters. The van der Waals surface area contributed by atoms with Crippen LogP contribution in [-0.4, -0.2) is 68.2 Å². The van der Waals surface area contributed by atoms with Crippen LogP contribution in [0.25, 0.3) is 5.65 Å². The summed E-state index contributed by atoms with van der Waals surface area (Å²) in [5.41, 5.74) is 7.05. The van der Waals surface area contributed by atoms with E-state index in [1.165, 1.54) is 16.2 Å². The van der Waals surface area contributed by atoms with Gasteiger partial charge in [0.1, 0.15) is 0 Å². The molecule has 0 bridgehead atoms. The van der Waals surface area contributed by atoms with E-state index in [0.717, 1.165) is 19.6 Å². The lowest BCUT2D eigenvalue weighted by Crippen LogP contribution is -2.48. The van der Waals surface area contributed by atoms with Crippen molar-refractivity contribution in [3.8, 4) is 0 Å². The minimum Gasteiger partial charge on any atom is -0.363 e. The molecule has 4 rings (SSSR count). The van der Waals surface area contributed by atoms with E-state index in [2.05, 4.69) is 27.2 Å². The summed E-state index contributed by atoms with van der Waals surface area (Å²) in [5.74, 6) is -2.41. The van der Waals surface area contributed by atoms with Crippen LogP contribution in [0.2, 0.25) is 0 Å². The molecular formula is C20H20N6O3. The molecule has 0 spiro atoms. The number of carbonyl (C=O) groups is 3. The van der Waals surface area contributed by atoms with E-state index < -0.39 is 11.7 Å². The van der Waals surface area contributed by atoms with Gasteiger partial charge in [-0.2, -0.15) is 0 Å². The number of benzene rings is 1. The van der Waals surface area contributed by atoms with Crippen LogP contribution in [0, 0.1) is 0 Å². The van der Waals surface area contributed by atoms with E-state index in [9.17, 15) is 14.4 Å². The Labute approximate surface area is 166 Å². The molecule has 9 nitrogen and oxygen atoms in total. The van der Waals surface area contributed by atoms with E-state index in [1.807, 2.05) is 18.2 Å². The topological polar surface area (TPSA) is 114 Å². The summed E-state index contributed by atoms with van der Waals surface area (Å²) < 4.78 is 1.33. The summed E-state index contributed by atoms with van der Waals surface area (Å²) in [4.78, 5) is 40.1. The van der Waals surface area contributed by atoms with Gasteiger partial charge in [0.2, 0.25) is 5.82 Å². The first-order chi connectivity index (χ1) is 14.0. The number of carbonyl (C=O) groups excluding carboxylic acids is 3. The summed E-state index contributed by atoms with van der Waals surface area (Å²) in [6, 6.07) is 13.5. The van der Waals surface area contributed by atoms with Crippen molar-refractivity contribution in [3.63, 3.8) is 0 Å². The minimum atomic E-state index is -1.12. The predicted octanol–water partition coefficient (Wildman–Crippen LogP) is 0.355. The maximum atomic E-state index is 12.9. The SMILES string of the molecule is NC(=O)C(=O)c1nnc2ccc(C(=O)N3CCN(Cc4ccccc4)CC3)cn12. The Bertz CT molecular complexity index is 1070. The summed E-state index contributed by atoms with van der Waals surface area (Å²) in [6.45, 7) is 3.63. The molecule has 148 valence electrons. The van der Waals surface area contributed by atoms with Crippen LogP contribution in [-0.2, 0) is 11.3 Å². The lowest BCUT2D eigenvalue weighted by atomic mass is 10.2. The highest BCUT2D eigenvalue weighted by Gasteiger charge is 2.24. The number of ketones is 1. The van der Waals surface area contributed by atoms with Crippen LogP contribution in [0.5, 0.6) is 0 Å². The number of amides is 2. The van der Waals surface area contributed by atoms with Gasteiger partial charge in [0.25, 0.3) is 17.6 Å². The van der Waals surface area contributed by atoms with Crippen LogP contribution in [0.15, 0.2) is 48.7 Å². The Kier molecular flexibility index (Phi) is 5.05. The normalized spacial score (nSPS) is 14.8. The fourth-order valence-electron chi connectivity index (χ4n) is 3.42. The molecular weight excluding hydrogens is 372 g/mol. The molecule has 2 amide bonds. The zero-order valence-electron chi connectivity index (χ0n) is 15.7. The molecule has 2 aromatic heterocycles. The van der Waals surface area contributed by atoms with Crippen LogP contribution in [0.1, 0.15) is 26.5 Å². The number of piperazine rings is 1. The Morgan fingerprint density at radius 1 is 0.931 bits per heavy atom. The van der Waals surface area contributed by atoms with Crippen molar-refractivity contribution in [2.24, 2.45) is 5.73 Å². The zero-order valence-corrected chi connectivity index (χ0v) is 15.7. The minimum absolute atomic E-state index is 0.141. The van der Waals surface area contributed by atoms with E-state index in [-0.39, 0.29) is 11.7 Å². The van der Waals surface area contributed by atoms with E-state index in [0.29, 0.717) is 24.3 Å². The number of pyridine rings is 1. The molecule has 29 heavy (non-hydrogen) atoms. The molecule has 0 atom stereocenters. The Balaban J connectivity index is 1.46. The van der Waals surface area contributed by atoms with Crippen molar-refractivity contribution in [1.29, 1.82) is 0 Å². The third kappa shape index (κ3) is 3.85. The van der Waals surface area contributed by atoms with Crippen LogP contribution in [0.4, 0.5) is 0 Å². The first kappa shape index (κ1) is 18.8. The fraction of sp³-hybridized carbons (Fsp3) is 0.250. The molecule has 0 radical (unpaired) electrons. The number of Topliss-reactive ketones (excluding diaryl/α,β-unsaturated/α-hetero) is 1. The average Bonchev–Trinajstić information content (AvgIpc) is 3.17. The number of nitrogens with two attached hydrogens (primary N) is 1. The highest BCUT2D eigenvalue weighted by molar-refractivity contribution is 6.41. The smallest absolute Gasteiger partial charge is 0.293 e. The number of hydrogen-bond donors (Lipinski definition) is 1. The van der Waals surface area contributed by atoms with Crippen molar-refractivity contribution < 1.29 is 14.4 Å². The molecule has 1 aromatic carbocycles. The molecule has 3 heterocycles. The van der Waals surface area contributed by atoms with E-state index in [1.54, 1.807) is 17.0 Å². The number of primary amides is 1. The molecule has 1 aliphatic heterocycles. The standard InChI is InChI=1S/C20H20N6O3/c21-18(28)17(27)19-23-22-16-7-6-15(13-26(16)19)20(29)25-10-8-24(9-11-25)12-14-4-2-1-3-5-14/h1-7,13H,8-12H2,(H2,21,28). The Morgan fingerprint density at radius 3 is 2.34 bits per heavy atom. The second kappa shape index (κ2) is 7.80. The van der Waals surface area contributed by atoms with Crippen molar-refractivity contribution >= 4 is 23.2 Å². The molecule has 0 aliphatic carbocycles. The van der Waals surface area contributed by atoms with Gasteiger partial charge in [-0.25, -0.2) is 0 Å². The highest BCUT2D eigenvalue weighted by atomic mass is 16.2. The largest absolute Gasteiger partial charge is 0.363 e. The first-order valence-corrected chi connectivity index (χ1v) is 9.27. The van der Waals surface area contributed by atoms with Gasteiger partial charge in [0.15, 0.2) is 5.65 Å². The van der Waals surface area contributed by atoms with Gasteiger partial charge in [-0.3, -0.25) is 23.7 Å². The highest BCUT2D eigenvalue weighted by Crippen LogP contribution is 2.13. The third-order valence-electron chi connectivity index (χ3n) is 4.98. The number of hydrogen-bond acceptors (Lipinski definition) is 6. The number of fused-ring (bicyclic) bond motifs is 1. The predicted molar refractivity (Wildman–Crippen MR) is 104 cm³/mol. The van der Waals surface area contributed by atoms with Gasteiger partial charge in [-0.1, -0.05) is 30.3 Å². The molecule has 2 N–H and O–H groups in total. The van der Waals surface area contributed by atoms with Gasteiger partial charge in [0, 0.05) is 38.9 Å². The average molecular weight is 392 g/mol. The number of aromatic nitrogens is 3. The third-order valence-corrected chi connectivity index (χ3v) is 4.98. The summed E-state index contributed by atoms with van der Waals surface area (Å²) in [7, 11) is 0. The van der Waals surface area contributed by atoms with Gasteiger partial charge >= 0.3 is 0 Å². The van der Waals surface area contributed by atoms with Gasteiger partial charge in [-0.05, 0) is 17.7 Å². The molecule has 0 saturated carbocycles. The first-order valence-electron chi connectivity index (χ1n) is 9.27. The fourth-order valence-corrected chi connectivity index (χ4v) is 3.42. The summed E-state index contributed by atoms with van der Waals surface area (Å²) in [5, 5.41) is 7.55. The second-order valence-electron chi connectivity index (χ2n) is 6.92. The lowest BCUT2D eigenvalue weighted by molar-refractivity contribution is -0.114. The van der Waals surface area contributed by atoms with E-state index in [4.69, 9.17) is 5.73 Å². The second-order valence-corrected chi connectivity index (χ2v) is 6.92. The molecule has 3 aromatic rings. The maximum Gasteiger partial charge on any atom is 0.293 e. The van der Waals surface area contributed by atoms with Crippen LogP contribution >= 0.6 is 0 Å². The molecule has 1 saturated heterocycles. The molecule has 1 aliphatic rings. The zero-order chi connectivity index (χ0) is 20.4. The van der Waals surface area contributed by atoms with Crippen LogP contribution in [0.3, 0.4) is 0 Å². The summed E-state index contributed by atoms with van der Waals surface area (Å²) >= 11 is 0. The van der Waals surface area contributed by atoms with Crippen molar-refractivity contribution in [3.05, 3.63) is 65.6 Å².